The lowest BCUT2D eigenvalue weighted by Crippen LogP contribution is -2.19. The Hall–Kier alpha value is -2.50. The number of methoxy groups -OCH3 is 1. The first-order chi connectivity index (χ1) is 8.61. The number of hydrogen-bond acceptors (Lipinski definition) is 5. The van der Waals surface area contributed by atoms with Crippen molar-refractivity contribution in [3.63, 3.8) is 0 Å². The summed E-state index contributed by atoms with van der Waals surface area (Å²) in [4.78, 5) is 23.0. The van der Waals surface area contributed by atoms with Crippen LogP contribution >= 0.6 is 0 Å². The Kier molecular flexibility index (Phi) is 3.18. The van der Waals surface area contributed by atoms with Crippen molar-refractivity contribution >= 4 is 17.6 Å². The maximum Gasteiger partial charge on any atom is 0.347 e. The van der Waals surface area contributed by atoms with Crippen molar-refractivity contribution in [2.75, 3.05) is 19.0 Å². The Bertz CT molecular complexity index is 535. The van der Waals surface area contributed by atoms with Gasteiger partial charge in [-0.2, -0.15) is 0 Å². The summed E-state index contributed by atoms with van der Waals surface area (Å²) in [5, 5.41) is 11.8. The van der Waals surface area contributed by atoms with Crippen LogP contribution in [0.15, 0.2) is 35.6 Å². The minimum Gasteiger partial charge on any atom is -0.508 e. The fraction of sp³-hybridized carbons (Fsp3) is 0.167. The van der Waals surface area contributed by atoms with Crippen LogP contribution in [-0.4, -0.2) is 30.7 Å². The molecule has 0 radical (unpaired) electrons. The first-order valence-corrected chi connectivity index (χ1v) is 5.16. The molecule has 0 fully saturated rings. The summed E-state index contributed by atoms with van der Waals surface area (Å²) in [5.41, 5.74) is 0.0946. The SMILES string of the molecule is COc1cccc(NC(=O)C2=C(O)COC2=O)c1. The second-order valence-electron chi connectivity index (χ2n) is 3.58. The molecular formula is C12H11NO5. The minimum absolute atomic E-state index is 0.264. The highest BCUT2D eigenvalue weighted by Gasteiger charge is 2.30. The van der Waals surface area contributed by atoms with Gasteiger partial charge in [0, 0.05) is 11.8 Å². The monoisotopic (exact) mass is 249 g/mol. The average molecular weight is 249 g/mol. The largest absolute Gasteiger partial charge is 0.508 e. The molecule has 1 aromatic rings. The van der Waals surface area contributed by atoms with Crippen LogP contribution in [0.3, 0.4) is 0 Å². The number of amides is 1. The lowest BCUT2D eigenvalue weighted by molar-refractivity contribution is -0.137. The lowest BCUT2D eigenvalue weighted by atomic mass is 10.2. The molecule has 2 rings (SSSR count). The zero-order chi connectivity index (χ0) is 13.1. The lowest BCUT2D eigenvalue weighted by Gasteiger charge is -2.06. The van der Waals surface area contributed by atoms with Crippen molar-refractivity contribution in [2.45, 2.75) is 0 Å². The number of esters is 1. The molecule has 0 unspecified atom stereocenters. The molecule has 94 valence electrons. The molecular weight excluding hydrogens is 238 g/mol. The molecule has 6 heteroatoms. The number of nitrogens with one attached hydrogen (secondary N) is 1. The molecule has 0 atom stereocenters. The number of hydrogen-bond donors (Lipinski definition) is 2. The summed E-state index contributed by atoms with van der Waals surface area (Å²) < 4.78 is 9.53. The highest BCUT2D eigenvalue weighted by atomic mass is 16.5. The van der Waals surface area contributed by atoms with Crippen LogP contribution in [0.4, 0.5) is 5.69 Å². The van der Waals surface area contributed by atoms with E-state index in [0.29, 0.717) is 11.4 Å². The van der Waals surface area contributed by atoms with E-state index >= 15 is 0 Å². The van der Waals surface area contributed by atoms with Crippen molar-refractivity contribution < 1.29 is 24.2 Å². The number of anilines is 1. The Labute approximate surface area is 103 Å². The standard InChI is InChI=1S/C12H11NO5/c1-17-8-4-2-3-7(5-8)13-11(15)10-9(14)6-18-12(10)16/h2-5,14H,6H2,1H3,(H,13,15). The molecule has 0 bridgehead atoms. The Morgan fingerprint density at radius 1 is 1.50 bits per heavy atom. The fourth-order valence-electron chi connectivity index (χ4n) is 1.51. The predicted molar refractivity (Wildman–Crippen MR) is 62.2 cm³/mol. The Balaban J connectivity index is 2.16. The maximum absolute atomic E-state index is 11.8. The average Bonchev–Trinajstić information content (AvgIpc) is 2.69. The summed E-state index contributed by atoms with van der Waals surface area (Å²) in [6, 6.07) is 6.64. The molecule has 0 saturated heterocycles. The molecule has 1 aliphatic rings. The van der Waals surface area contributed by atoms with Crippen molar-refractivity contribution in [1.29, 1.82) is 0 Å². The van der Waals surface area contributed by atoms with E-state index in [0.717, 1.165) is 0 Å². The molecule has 18 heavy (non-hydrogen) atoms. The highest BCUT2D eigenvalue weighted by molar-refractivity contribution is 6.22. The van der Waals surface area contributed by atoms with E-state index in [9.17, 15) is 14.7 Å². The number of cyclic esters (lactones) is 1. The molecule has 1 heterocycles. The Morgan fingerprint density at radius 2 is 2.28 bits per heavy atom. The summed E-state index contributed by atoms with van der Waals surface area (Å²) in [5.74, 6) is -1.32. The summed E-state index contributed by atoms with van der Waals surface area (Å²) in [6.07, 6.45) is 0. The number of rotatable bonds is 3. The van der Waals surface area contributed by atoms with Crippen LogP contribution in [0.5, 0.6) is 5.75 Å². The van der Waals surface area contributed by atoms with E-state index in [4.69, 9.17) is 4.74 Å². The van der Waals surface area contributed by atoms with Crippen molar-refractivity contribution in [3.05, 3.63) is 35.6 Å². The summed E-state index contributed by atoms with van der Waals surface area (Å²) >= 11 is 0. The van der Waals surface area contributed by atoms with Crippen LogP contribution in [0.1, 0.15) is 0 Å². The second-order valence-corrected chi connectivity index (χ2v) is 3.58. The quantitative estimate of drug-likeness (QED) is 0.616. The van der Waals surface area contributed by atoms with Gasteiger partial charge in [-0.25, -0.2) is 4.79 Å². The maximum atomic E-state index is 11.8. The second kappa shape index (κ2) is 4.79. The molecule has 0 aliphatic carbocycles. The first kappa shape index (κ1) is 12.0. The molecule has 0 saturated carbocycles. The van der Waals surface area contributed by atoms with E-state index < -0.39 is 11.9 Å². The topological polar surface area (TPSA) is 84.9 Å². The van der Waals surface area contributed by atoms with Gasteiger partial charge in [-0.1, -0.05) is 6.07 Å². The van der Waals surface area contributed by atoms with E-state index in [1.54, 1.807) is 24.3 Å². The van der Waals surface area contributed by atoms with Crippen molar-refractivity contribution in [1.82, 2.24) is 0 Å². The van der Waals surface area contributed by atoms with Gasteiger partial charge in [0.05, 0.1) is 7.11 Å². The minimum atomic E-state index is -0.826. The molecule has 0 aromatic heterocycles. The summed E-state index contributed by atoms with van der Waals surface area (Å²) in [7, 11) is 1.50. The normalized spacial score (nSPS) is 14.4. The van der Waals surface area contributed by atoms with Crippen LogP contribution in [0, 0.1) is 0 Å². The third-order valence-electron chi connectivity index (χ3n) is 2.39. The van der Waals surface area contributed by atoms with Crippen LogP contribution < -0.4 is 10.1 Å². The smallest absolute Gasteiger partial charge is 0.347 e. The predicted octanol–water partition coefficient (Wildman–Crippen LogP) is 1.00. The van der Waals surface area contributed by atoms with Gasteiger partial charge in [0.2, 0.25) is 0 Å². The first-order valence-electron chi connectivity index (χ1n) is 5.16. The van der Waals surface area contributed by atoms with Crippen LogP contribution in [0.2, 0.25) is 0 Å². The zero-order valence-corrected chi connectivity index (χ0v) is 9.60. The van der Waals surface area contributed by atoms with E-state index in [-0.39, 0.29) is 17.9 Å². The third kappa shape index (κ3) is 2.27. The van der Waals surface area contributed by atoms with Gasteiger partial charge in [-0.15, -0.1) is 0 Å². The van der Waals surface area contributed by atoms with E-state index in [2.05, 4.69) is 10.1 Å². The third-order valence-corrected chi connectivity index (χ3v) is 2.39. The van der Waals surface area contributed by atoms with E-state index in [1.807, 2.05) is 0 Å². The van der Waals surface area contributed by atoms with E-state index in [1.165, 1.54) is 7.11 Å². The van der Waals surface area contributed by atoms with Gasteiger partial charge in [-0.05, 0) is 12.1 Å². The van der Waals surface area contributed by atoms with Gasteiger partial charge in [-0.3, -0.25) is 4.79 Å². The fourth-order valence-corrected chi connectivity index (χ4v) is 1.51. The van der Waals surface area contributed by atoms with Crippen LogP contribution in [0.25, 0.3) is 0 Å². The molecule has 2 N–H and O–H groups in total. The molecule has 1 aliphatic heterocycles. The molecule has 6 nitrogen and oxygen atoms in total. The number of aliphatic hydroxyl groups is 1. The number of benzene rings is 1. The van der Waals surface area contributed by atoms with Gasteiger partial charge in [0.15, 0.2) is 11.3 Å². The zero-order valence-electron chi connectivity index (χ0n) is 9.60. The number of carbonyl (C=O) groups is 2. The van der Waals surface area contributed by atoms with Gasteiger partial charge in [0.1, 0.15) is 12.4 Å². The Morgan fingerprint density at radius 3 is 2.89 bits per heavy atom. The number of carbonyl (C=O) groups excluding carboxylic acids is 2. The van der Waals surface area contributed by atoms with Gasteiger partial charge in [0.25, 0.3) is 5.91 Å². The molecule has 1 amide bonds. The molecule has 0 spiro atoms. The number of ether oxygens (including phenoxy) is 2. The van der Waals surface area contributed by atoms with Crippen LogP contribution in [-0.2, 0) is 14.3 Å². The van der Waals surface area contributed by atoms with Crippen molar-refractivity contribution in [3.8, 4) is 5.75 Å². The van der Waals surface area contributed by atoms with Gasteiger partial charge < -0.3 is 19.9 Å². The summed E-state index contributed by atoms with van der Waals surface area (Å²) in [6.45, 7) is -0.264. The van der Waals surface area contributed by atoms with Gasteiger partial charge >= 0.3 is 5.97 Å². The highest BCUT2D eigenvalue weighted by Crippen LogP contribution is 2.19. The number of aliphatic hydroxyl groups excluding tert-OH is 1. The molecule has 1 aromatic carbocycles. The van der Waals surface area contributed by atoms with Crippen molar-refractivity contribution in [2.24, 2.45) is 0 Å².